The minimum atomic E-state index is 0.0355. The molecule has 24 heavy (non-hydrogen) atoms. The van der Waals surface area contributed by atoms with E-state index in [4.69, 9.17) is 4.74 Å². The molecule has 6 nitrogen and oxygen atoms in total. The molecule has 2 heterocycles. The number of nitrogens with one attached hydrogen (secondary N) is 1. The lowest BCUT2D eigenvalue weighted by atomic mass is 10.2. The number of piperazine rings is 1. The number of hydrogen-bond acceptors (Lipinski definition) is 4. The predicted molar refractivity (Wildman–Crippen MR) is 90.8 cm³/mol. The van der Waals surface area contributed by atoms with Crippen LogP contribution in [0.1, 0.15) is 23.2 Å². The minimum absolute atomic E-state index is 0.0355. The number of carbonyl (C=O) groups excluding carboxylic acids is 2. The van der Waals surface area contributed by atoms with Crippen molar-refractivity contribution < 1.29 is 14.3 Å². The molecule has 3 rings (SSSR count). The Kier molecular flexibility index (Phi) is 5.82. The standard InChI is InChI=1S/C18H25N3O3/c22-17(19-13-16-7-4-12-24-16)14-20-8-10-21(11-9-20)18(23)15-5-2-1-3-6-15/h1-3,5-6,16H,4,7-14H2,(H,19,22)/t16-/m1/s1. The van der Waals surface area contributed by atoms with Crippen LogP contribution in [0.4, 0.5) is 0 Å². The number of rotatable bonds is 5. The van der Waals surface area contributed by atoms with Gasteiger partial charge in [0.25, 0.3) is 5.91 Å². The summed E-state index contributed by atoms with van der Waals surface area (Å²) in [6.07, 6.45) is 2.28. The van der Waals surface area contributed by atoms with Gasteiger partial charge >= 0.3 is 0 Å². The van der Waals surface area contributed by atoms with Gasteiger partial charge in [0, 0.05) is 44.9 Å². The highest BCUT2D eigenvalue weighted by Crippen LogP contribution is 2.11. The van der Waals surface area contributed by atoms with Gasteiger partial charge in [0.1, 0.15) is 0 Å². The van der Waals surface area contributed by atoms with Crippen LogP contribution < -0.4 is 5.32 Å². The molecule has 130 valence electrons. The first-order valence-electron chi connectivity index (χ1n) is 8.67. The molecule has 2 aliphatic heterocycles. The van der Waals surface area contributed by atoms with Crippen molar-refractivity contribution in [2.45, 2.75) is 18.9 Å². The van der Waals surface area contributed by atoms with E-state index in [0.29, 0.717) is 26.2 Å². The Morgan fingerprint density at radius 3 is 2.54 bits per heavy atom. The summed E-state index contributed by atoms with van der Waals surface area (Å²) in [5.74, 6) is 0.103. The summed E-state index contributed by atoms with van der Waals surface area (Å²) in [6, 6.07) is 9.34. The van der Waals surface area contributed by atoms with E-state index in [9.17, 15) is 9.59 Å². The Morgan fingerprint density at radius 1 is 1.12 bits per heavy atom. The lowest BCUT2D eigenvalue weighted by Gasteiger charge is -2.34. The van der Waals surface area contributed by atoms with Crippen LogP contribution in [0.25, 0.3) is 0 Å². The monoisotopic (exact) mass is 331 g/mol. The second-order valence-electron chi connectivity index (χ2n) is 6.37. The third-order valence-corrected chi connectivity index (χ3v) is 4.60. The van der Waals surface area contributed by atoms with Gasteiger partial charge in [-0.2, -0.15) is 0 Å². The van der Waals surface area contributed by atoms with Crippen LogP contribution in [0.3, 0.4) is 0 Å². The van der Waals surface area contributed by atoms with Gasteiger partial charge in [0.15, 0.2) is 0 Å². The van der Waals surface area contributed by atoms with Crippen LogP contribution >= 0.6 is 0 Å². The van der Waals surface area contributed by atoms with Crippen LogP contribution in [-0.4, -0.2) is 73.6 Å². The summed E-state index contributed by atoms with van der Waals surface area (Å²) in [6.45, 7) is 4.57. The van der Waals surface area contributed by atoms with Crippen LogP contribution in [0.5, 0.6) is 0 Å². The first-order chi connectivity index (χ1) is 11.7. The van der Waals surface area contributed by atoms with Crippen molar-refractivity contribution in [2.75, 3.05) is 45.9 Å². The van der Waals surface area contributed by atoms with E-state index in [-0.39, 0.29) is 17.9 Å². The zero-order valence-electron chi connectivity index (χ0n) is 13.9. The van der Waals surface area contributed by atoms with Crippen molar-refractivity contribution in [3.05, 3.63) is 35.9 Å². The highest BCUT2D eigenvalue weighted by molar-refractivity contribution is 5.94. The second kappa shape index (κ2) is 8.26. The molecule has 0 unspecified atom stereocenters. The SMILES string of the molecule is O=C(CN1CCN(C(=O)c2ccccc2)CC1)NC[C@H]1CCCO1. The maximum absolute atomic E-state index is 12.4. The van der Waals surface area contributed by atoms with Crippen molar-refractivity contribution in [3.8, 4) is 0 Å². The van der Waals surface area contributed by atoms with Gasteiger partial charge in [0.2, 0.25) is 5.91 Å². The van der Waals surface area contributed by atoms with E-state index in [2.05, 4.69) is 10.2 Å². The Bertz CT molecular complexity index is 550. The highest BCUT2D eigenvalue weighted by atomic mass is 16.5. The Hall–Kier alpha value is -1.92. The summed E-state index contributed by atoms with van der Waals surface area (Å²) in [7, 11) is 0. The van der Waals surface area contributed by atoms with Gasteiger partial charge in [0.05, 0.1) is 12.6 Å². The molecule has 0 radical (unpaired) electrons. The average molecular weight is 331 g/mol. The molecule has 0 saturated carbocycles. The fraction of sp³-hybridized carbons (Fsp3) is 0.556. The first kappa shape index (κ1) is 16.9. The average Bonchev–Trinajstić information content (AvgIpc) is 3.14. The molecule has 2 saturated heterocycles. The molecule has 1 N–H and O–H groups in total. The fourth-order valence-electron chi connectivity index (χ4n) is 3.16. The van der Waals surface area contributed by atoms with E-state index < -0.39 is 0 Å². The van der Waals surface area contributed by atoms with Gasteiger partial charge < -0.3 is 15.0 Å². The maximum Gasteiger partial charge on any atom is 0.253 e. The lowest BCUT2D eigenvalue weighted by molar-refractivity contribution is -0.123. The van der Waals surface area contributed by atoms with Crippen molar-refractivity contribution in [2.24, 2.45) is 0 Å². The second-order valence-corrected chi connectivity index (χ2v) is 6.37. The molecule has 2 amide bonds. The normalized spacial score (nSPS) is 21.7. The molecule has 2 aliphatic rings. The summed E-state index contributed by atoms with van der Waals surface area (Å²) in [5, 5.41) is 2.95. The number of amides is 2. The smallest absolute Gasteiger partial charge is 0.253 e. The fourth-order valence-corrected chi connectivity index (χ4v) is 3.16. The molecule has 1 aromatic rings. The van der Waals surface area contributed by atoms with Gasteiger partial charge in [-0.05, 0) is 25.0 Å². The molecule has 0 aromatic heterocycles. The summed E-state index contributed by atoms with van der Waals surface area (Å²) >= 11 is 0. The lowest BCUT2D eigenvalue weighted by Crippen LogP contribution is -2.51. The predicted octanol–water partition coefficient (Wildman–Crippen LogP) is 0.740. The minimum Gasteiger partial charge on any atom is -0.376 e. The molecule has 1 atom stereocenters. The molecule has 0 spiro atoms. The van der Waals surface area contributed by atoms with E-state index in [1.54, 1.807) is 0 Å². The Balaban J connectivity index is 1.38. The van der Waals surface area contributed by atoms with Gasteiger partial charge in [-0.1, -0.05) is 18.2 Å². The molecule has 0 aliphatic carbocycles. The number of nitrogens with zero attached hydrogens (tertiary/aromatic N) is 2. The van der Waals surface area contributed by atoms with E-state index in [1.165, 1.54) is 0 Å². The molecule has 6 heteroatoms. The van der Waals surface area contributed by atoms with Crippen molar-refractivity contribution in [1.82, 2.24) is 15.1 Å². The largest absolute Gasteiger partial charge is 0.376 e. The van der Waals surface area contributed by atoms with Gasteiger partial charge in [-0.15, -0.1) is 0 Å². The molecule has 0 bridgehead atoms. The Labute approximate surface area is 142 Å². The van der Waals surface area contributed by atoms with Crippen LogP contribution in [0, 0.1) is 0 Å². The summed E-state index contributed by atoms with van der Waals surface area (Å²) in [5.41, 5.74) is 0.722. The quantitative estimate of drug-likeness (QED) is 0.864. The molecular formula is C18H25N3O3. The number of ether oxygens (including phenoxy) is 1. The third-order valence-electron chi connectivity index (χ3n) is 4.60. The number of hydrogen-bond donors (Lipinski definition) is 1. The topological polar surface area (TPSA) is 61.9 Å². The Morgan fingerprint density at radius 2 is 1.88 bits per heavy atom. The van der Waals surface area contributed by atoms with E-state index in [0.717, 1.165) is 38.1 Å². The highest BCUT2D eigenvalue weighted by Gasteiger charge is 2.23. The maximum atomic E-state index is 12.4. The molecule has 1 aromatic carbocycles. The van der Waals surface area contributed by atoms with E-state index >= 15 is 0 Å². The zero-order valence-corrected chi connectivity index (χ0v) is 13.9. The molecular weight excluding hydrogens is 306 g/mol. The number of benzene rings is 1. The number of carbonyl (C=O) groups is 2. The van der Waals surface area contributed by atoms with Crippen LogP contribution in [-0.2, 0) is 9.53 Å². The van der Waals surface area contributed by atoms with Crippen molar-refractivity contribution in [3.63, 3.8) is 0 Å². The van der Waals surface area contributed by atoms with Crippen LogP contribution in [0.2, 0.25) is 0 Å². The third kappa shape index (κ3) is 4.55. The summed E-state index contributed by atoms with van der Waals surface area (Å²) < 4.78 is 5.50. The van der Waals surface area contributed by atoms with E-state index in [1.807, 2.05) is 35.2 Å². The van der Waals surface area contributed by atoms with Gasteiger partial charge in [-0.25, -0.2) is 0 Å². The summed E-state index contributed by atoms with van der Waals surface area (Å²) in [4.78, 5) is 28.4. The first-order valence-corrected chi connectivity index (χ1v) is 8.67. The van der Waals surface area contributed by atoms with Crippen molar-refractivity contribution >= 4 is 11.8 Å². The van der Waals surface area contributed by atoms with Crippen molar-refractivity contribution in [1.29, 1.82) is 0 Å². The zero-order chi connectivity index (χ0) is 16.8. The van der Waals surface area contributed by atoms with Gasteiger partial charge in [-0.3, -0.25) is 14.5 Å². The van der Waals surface area contributed by atoms with Crippen LogP contribution in [0.15, 0.2) is 30.3 Å². The molecule has 2 fully saturated rings.